The zero-order chi connectivity index (χ0) is 23.7. The van der Waals surface area contributed by atoms with Crippen LogP contribution in [0.2, 0.25) is 0 Å². The van der Waals surface area contributed by atoms with Crippen molar-refractivity contribution in [2.75, 3.05) is 0 Å². The molecule has 1 saturated carbocycles. The van der Waals surface area contributed by atoms with Gasteiger partial charge in [-0.15, -0.1) is 0 Å². The smallest absolute Gasteiger partial charge is 0.335 e. The van der Waals surface area contributed by atoms with Crippen LogP contribution >= 0.6 is 0 Å². The number of benzene rings is 3. The molecule has 0 bridgehead atoms. The van der Waals surface area contributed by atoms with E-state index < -0.39 is 29.7 Å². The molecule has 0 spiro atoms. The van der Waals surface area contributed by atoms with E-state index in [1.165, 1.54) is 43.3 Å². The van der Waals surface area contributed by atoms with Crippen molar-refractivity contribution in [3.63, 3.8) is 0 Å². The fraction of sp³-hybridized carbons (Fsp3) is 0.185. The average molecular weight is 442 g/mol. The number of hydrogen-bond donors (Lipinski definition) is 2. The van der Waals surface area contributed by atoms with E-state index in [2.05, 4.69) is 0 Å². The summed E-state index contributed by atoms with van der Waals surface area (Å²) in [7, 11) is 0. The summed E-state index contributed by atoms with van der Waals surface area (Å²) in [6.45, 7) is 1.52. The molecule has 166 valence electrons. The van der Waals surface area contributed by atoms with Gasteiger partial charge in [-0.3, -0.25) is 9.59 Å². The normalized spacial score (nSPS) is 21.6. The molecule has 4 rings (SSSR count). The maximum atomic E-state index is 13.7. The van der Waals surface area contributed by atoms with E-state index in [1.807, 2.05) is 30.3 Å². The first-order valence-electron chi connectivity index (χ1n) is 10.6. The number of rotatable bonds is 7. The minimum Gasteiger partial charge on any atom is -0.478 e. The van der Waals surface area contributed by atoms with Gasteiger partial charge in [-0.25, -0.2) is 9.59 Å². The van der Waals surface area contributed by atoms with Gasteiger partial charge >= 0.3 is 11.9 Å². The van der Waals surface area contributed by atoms with E-state index in [9.17, 15) is 24.3 Å². The number of carboxylic acid groups (broad SMARTS) is 2. The van der Waals surface area contributed by atoms with Crippen LogP contribution in [0, 0.1) is 11.8 Å². The van der Waals surface area contributed by atoms with Crippen molar-refractivity contribution in [2.24, 2.45) is 11.8 Å². The highest BCUT2D eigenvalue weighted by Crippen LogP contribution is 2.58. The van der Waals surface area contributed by atoms with Crippen LogP contribution in [0.4, 0.5) is 0 Å². The van der Waals surface area contributed by atoms with E-state index in [0.717, 1.165) is 11.1 Å². The standard InChI is InChI=1S/C27H22O6/c1-15(28)21-22(16-5-3-2-4-6-16)24(23(21)17-7-11-19(12-8-17)26(30)31)25(29)18-9-13-20(14-10-18)27(32)33/h2-14,21-24H,1H3,(H,30,31)(H,32,33)/t21?,22-,23-,24+/m0/s1. The third-order valence-corrected chi connectivity index (χ3v) is 6.46. The summed E-state index contributed by atoms with van der Waals surface area (Å²) in [4.78, 5) is 48.8. The summed E-state index contributed by atoms with van der Waals surface area (Å²) in [5.41, 5.74) is 2.20. The van der Waals surface area contributed by atoms with E-state index in [1.54, 1.807) is 12.1 Å². The van der Waals surface area contributed by atoms with E-state index in [-0.39, 0.29) is 28.6 Å². The van der Waals surface area contributed by atoms with Crippen molar-refractivity contribution in [1.82, 2.24) is 0 Å². The Labute approximate surface area is 190 Å². The first kappa shape index (κ1) is 22.1. The number of carbonyl (C=O) groups excluding carboxylic acids is 2. The summed E-state index contributed by atoms with van der Waals surface area (Å²) < 4.78 is 0. The molecule has 2 N–H and O–H groups in total. The first-order valence-corrected chi connectivity index (χ1v) is 10.6. The lowest BCUT2D eigenvalue weighted by atomic mass is 9.50. The van der Waals surface area contributed by atoms with Crippen LogP contribution in [0.15, 0.2) is 78.9 Å². The highest BCUT2D eigenvalue weighted by Gasteiger charge is 2.56. The van der Waals surface area contributed by atoms with Gasteiger partial charge in [0.1, 0.15) is 5.78 Å². The fourth-order valence-electron chi connectivity index (χ4n) is 4.90. The van der Waals surface area contributed by atoms with E-state index in [0.29, 0.717) is 5.56 Å². The topological polar surface area (TPSA) is 109 Å². The van der Waals surface area contributed by atoms with Gasteiger partial charge in [0.05, 0.1) is 11.1 Å². The van der Waals surface area contributed by atoms with E-state index in [4.69, 9.17) is 5.11 Å². The lowest BCUT2D eigenvalue weighted by molar-refractivity contribution is -0.126. The van der Waals surface area contributed by atoms with Crippen LogP contribution in [0.5, 0.6) is 0 Å². The molecule has 1 fully saturated rings. The summed E-state index contributed by atoms with van der Waals surface area (Å²) >= 11 is 0. The van der Waals surface area contributed by atoms with Crippen molar-refractivity contribution in [2.45, 2.75) is 18.8 Å². The highest BCUT2D eigenvalue weighted by atomic mass is 16.4. The Kier molecular flexibility index (Phi) is 5.92. The summed E-state index contributed by atoms with van der Waals surface area (Å²) in [6.07, 6.45) is 0. The molecular weight excluding hydrogens is 420 g/mol. The molecule has 0 radical (unpaired) electrons. The molecule has 6 heteroatoms. The van der Waals surface area contributed by atoms with Crippen LogP contribution in [0.3, 0.4) is 0 Å². The predicted molar refractivity (Wildman–Crippen MR) is 121 cm³/mol. The van der Waals surface area contributed by atoms with Crippen LogP contribution in [0.1, 0.15) is 61.0 Å². The summed E-state index contributed by atoms with van der Waals surface area (Å²) in [5.74, 6) is -4.07. The van der Waals surface area contributed by atoms with Crippen molar-refractivity contribution in [1.29, 1.82) is 0 Å². The number of Topliss-reactive ketones (excluding diaryl/α,β-unsaturated/α-hetero) is 2. The SMILES string of the molecule is CC(=O)C1[C@H](c2ccccc2)[C@@H](C(=O)c2ccc(C(=O)O)cc2)[C@H]1c1ccc(C(=O)O)cc1. The minimum atomic E-state index is -1.08. The molecule has 4 atom stereocenters. The number of ketones is 2. The number of carbonyl (C=O) groups is 4. The second-order valence-corrected chi connectivity index (χ2v) is 8.30. The zero-order valence-electron chi connectivity index (χ0n) is 17.8. The van der Waals surface area contributed by atoms with Gasteiger partial charge in [0.25, 0.3) is 0 Å². The van der Waals surface area contributed by atoms with Crippen LogP contribution in [-0.4, -0.2) is 33.7 Å². The second-order valence-electron chi connectivity index (χ2n) is 8.30. The molecule has 3 aromatic rings. The Morgan fingerprint density at radius 3 is 1.45 bits per heavy atom. The first-order chi connectivity index (χ1) is 15.8. The average Bonchev–Trinajstić information content (AvgIpc) is 2.79. The molecule has 33 heavy (non-hydrogen) atoms. The van der Waals surface area contributed by atoms with Crippen molar-refractivity contribution in [3.05, 3.63) is 107 Å². The Hall–Kier alpha value is -4.06. The van der Waals surface area contributed by atoms with E-state index >= 15 is 0 Å². The van der Waals surface area contributed by atoms with Crippen LogP contribution in [-0.2, 0) is 4.79 Å². The number of carboxylic acids is 2. The minimum absolute atomic E-state index is 0.0403. The predicted octanol–water partition coefficient (Wildman–Crippen LogP) is 4.67. The van der Waals surface area contributed by atoms with Crippen molar-refractivity contribution >= 4 is 23.5 Å². The summed E-state index contributed by atoms with van der Waals surface area (Å²) in [6, 6.07) is 21.5. The second kappa shape index (κ2) is 8.82. The quantitative estimate of drug-likeness (QED) is 0.515. The molecule has 1 aliphatic rings. The lowest BCUT2D eigenvalue weighted by Crippen LogP contribution is -2.50. The number of hydrogen-bond acceptors (Lipinski definition) is 4. The highest BCUT2D eigenvalue weighted by molar-refractivity contribution is 6.02. The van der Waals surface area contributed by atoms with Gasteiger partial charge in [0, 0.05) is 29.2 Å². The molecule has 0 saturated heterocycles. The van der Waals surface area contributed by atoms with Crippen LogP contribution in [0.25, 0.3) is 0 Å². The Morgan fingerprint density at radius 2 is 1.00 bits per heavy atom. The van der Waals surface area contributed by atoms with Gasteiger partial charge in [-0.2, -0.15) is 0 Å². The maximum Gasteiger partial charge on any atom is 0.335 e. The zero-order valence-corrected chi connectivity index (χ0v) is 17.8. The molecule has 0 aromatic heterocycles. The largest absolute Gasteiger partial charge is 0.478 e. The lowest BCUT2D eigenvalue weighted by Gasteiger charge is -2.51. The fourth-order valence-corrected chi connectivity index (χ4v) is 4.90. The third kappa shape index (κ3) is 4.07. The van der Waals surface area contributed by atoms with Gasteiger partial charge in [0.2, 0.25) is 0 Å². The summed E-state index contributed by atoms with van der Waals surface area (Å²) in [5, 5.41) is 18.4. The molecular formula is C27H22O6. The van der Waals surface area contributed by atoms with Gasteiger partial charge in [-0.05, 0) is 42.3 Å². The molecule has 6 nitrogen and oxygen atoms in total. The van der Waals surface area contributed by atoms with Crippen LogP contribution < -0.4 is 0 Å². The molecule has 0 aliphatic heterocycles. The molecule has 1 unspecified atom stereocenters. The molecule has 3 aromatic carbocycles. The Bertz CT molecular complexity index is 1210. The molecule has 0 amide bonds. The van der Waals surface area contributed by atoms with Gasteiger partial charge in [-0.1, -0.05) is 54.6 Å². The maximum absolute atomic E-state index is 13.7. The van der Waals surface area contributed by atoms with Gasteiger partial charge in [0.15, 0.2) is 5.78 Å². The van der Waals surface area contributed by atoms with Gasteiger partial charge < -0.3 is 10.2 Å². The van der Waals surface area contributed by atoms with Crippen molar-refractivity contribution < 1.29 is 29.4 Å². The Balaban J connectivity index is 1.78. The monoisotopic (exact) mass is 442 g/mol. The Morgan fingerprint density at radius 1 is 0.576 bits per heavy atom. The molecule has 0 heterocycles. The number of aromatic carboxylic acids is 2. The molecule has 1 aliphatic carbocycles. The third-order valence-electron chi connectivity index (χ3n) is 6.46. The van der Waals surface area contributed by atoms with Crippen molar-refractivity contribution in [3.8, 4) is 0 Å².